The second-order valence-corrected chi connectivity index (χ2v) is 5.29. The van der Waals surface area contributed by atoms with E-state index in [9.17, 15) is 0 Å². The first kappa shape index (κ1) is 15.1. The van der Waals surface area contributed by atoms with Crippen LogP contribution >= 0.6 is 0 Å². The van der Waals surface area contributed by atoms with E-state index in [4.69, 9.17) is 9.47 Å². The van der Waals surface area contributed by atoms with Gasteiger partial charge in [0.15, 0.2) is 0 Å². The fourth-order valence-corrected chi connectivity index (χ4v) is 2.48. The topological polar surface area (TPSA) is 33.7 Å². The standard InChI is InChI=1S/C16H26N2O2/c1-18(14-4-6-15(19-2)7-5-14)12-3-13-20-16-8-10-17-11-9-16/h4-7,16-17H,3,8-13H2,1-2H3. The van der Waals surface area contributed by atoms with E-state index in [2.05, 4.69) is 29.4 Å². The molecule has 4 heteroatoms. The number of nitrogens with zero attached hydrogens (tertiary/aromatic N) is 1. The number of hydrogen-bond acceptors (Lipinski definition) is 4. The van der Waals surface area contributed by atoms with Gasteiger partial charge in [-0.05, 0) is 56.6 Å². The first-order valence-electron chi connectivity index (χ1n) is 7.47. The van der Waals surface area contributed by atoms with E-state index in [0.29, 0.717) is 6.10 Å². The average Bonchev–Trinajstić information content (AvgIpc) is 2.52. The molecule has 112 valence electrons. The van der Waals surface area contributed by atoms with E-state index in [1.165, 1.54) is 5.69 Å². The molecule has 4 nitrogen and oxygen atoms in total. The summed E-state index contributed by atoms with van der Waals surface area (Å²) in [6.45, 7) is 4.05. The summed E-state index contributed by atoms with van der Waals surface area (Å²) >= 11 is 0. The molecule has 0 amide bonds. The van der Waals surface area contributed by atoms with Crippen LogP contribution in [0.4, 0.5) is 5.69 Å². The second-order valence-electron chi connectivity index (χ2n) is 5.29. The third kappa shape index (κ3) is 4.69. The van der Waals surface area contributed by atoms with Crippen molar-refractivity contribution >= 4 is 5.69 Å². The molecule has 0 aliphatic carbocycles. The second kappa shape index (κ2) is 8.12. The van der Waals surface area contributed by atoms with Gasteiger partial charge in [-0.15, -0.1) is 0 Å². The Kier molecular flexibility index (Phi) is 6.15. The molecular weight excluding hydrogens is 252 g/mol. The van der Waals surface area contributed by atoms with Crippen LogP contribution in [-0.2, 0) is 4.74 Å². The molecule has 1 saturated heterocycles. The van der Waals surface area contributed by atoms with Crippen molar-refractivity contribution in [3.63, 3.8) is 0 Å². The monoisotopic (exact) mass is 278 g/mol. The molecule has 0 aromatic heterocycles. The van der Waals surface area contributed by atoms with E-state index < -0.39 is 0 Å². The molecule has 2 rings (SSSR count). The predicted octanol–water partition coefficient (Wildman–Crippen LogP) is 2.29. The third-order valence-corrected chi connectivity index (χ3v) is 3.79. The number of methoxy groups -OCH3 is 1. The van der Waals surface area contributed by atoms with Crippen molar-refractivity contribution in [2.45, 2.75) is 25.4 Å². The maximum atomic E-state index is 5.92. The zero-order chi connectivity index (χ0) is 14.2. The summed E-state index contributed by atoms with van der Waals surface area (Å²) < 4.78 is 11.1. The van der Waals surface area contributed by atoms with Gasteiger partial charge < -0.3 is 19.7 Å². The lowest BCUT2D eigenvalue weighted by molar-refractivity contribution is 0.0324. The Labute approximate surface area is 122 Å². The summed E-state index contributed by atoms with van der Waals surface area (Å²) in [7, 11) is 3.81. The third-order valence-electron chi connectivity index (χ3n) is 3.79. The van der Waals surface area contributed by atoms with Crippen molar-refractivity contribution in [3.8, 4) is 5.75 Å². The highest BCUT2D eigenvalue weighted by molar-refractivity contribution is 5.48. The summed E-state index contributed by atoms with van der Waals surface area (Å²) in [6, 6.07) is 8.17. The van der Waals surface area contributed by atoms with Gasteiger partial charge in [-0.3, -0.25) is 0 Å². The maximum absolute atomic E-state index is 5.92. The molecule has 1 aromatic carbocycles. The Bertz CT molecular complexity index is 375. The minimum Gasteiger partial charge on any atom is -0.497 e. The van der Waals surface area contributed by atoms with Gasteiger partial charge in [0.25, 0.3) is 0 Å². The lowest BCUT2D eigenvalue weighted by Crippen LogP contribution is -2.33. The summed E-state index contributed by atoms with van der Waals surface area (Å²) in [5.74, 6) is 0.899. The first-order chi connectivity index (χ1) is 9.79. The van der Waals surface area contributed by atoms with Crippen LogP contribution in [0.1, 0.15) is 19.3 Å². The SMILES string of the molecule is COc1ccc(N(C)CCCOC2CCNCC2)cc1. The molecule has 1 aromatic rings. The van der Waals surface area contributed by atoms with Gasteiger partial charge >= 0.3 is 0 Å². The van der Waals surface area contributed by atoms with Crippen LogP contribution in [0.2, 0.25) is 0 Å². The molecular formula is C16H26N2O2. The lowest BCUT2D eigenvalue weighted by atomic mass is 10.1. The summed E-state index contributed by atoms with van der Waals surface area (Å²) in [6.07, 6.45) is 3.82. The van der Waals surface area contributed by atoms with Crippen molar-refractivity contribution in [2.75, 3.05) is 45.3 Å². The van der Waals surface area contributed by atoms with Gasteiger partial charge in [0.1, 0.15) is 5.75 Å². The number of nitrogens with one attached hydrogen (secondary N) is 1. The van der Waals surface area contributed by atoms with Crippen LogP contribution in [0.25, 0.3) is 0 Å². The van der Waals surface area contributed by atoms with E-state index in [-0.39, 0.29) is 0 Å². The smallest absolute Gasteiger partial charge is 0.119 e. The van der Waals surface area contributed by atoms with E-state index in [1.807, 2.05) is 12.1 Å². The molecule has 0 spiro atoms. The number of piperidine rings is 1. The molecule has 1 N–H and O–H groups in total. The highest BCUT2D eigenvalue weighted by Crippen LogP contribution is 2.18. The molecule has 0 radical (unpaired) electrons. The van der Waals surface area contributed by atoms with Gasteiger partial charge in [-0.1, -0.05) is 0 Å². The Balaban J connectivity index is 1.64. The fraction of sp³-hybridized carbons (Fsp3) is 0.625. The molecule has 0 saturated carbocycles. The molecule has 1 aliphatic heterocycles. The fourth-order valence-electron chi connectivity index (χ4n) is 2.48. The molecule has 0 atom stereocenters. The molecule has 20 heavy (non-hydrogen) atoms. The molecule has 1 fully saturated rings. The van der Waals surface area contributed by atoms with Crippen molar-refractivity contribution < 1.29 is 9.47 Å². The zero-order valence-electron chi connectivity index (χ0n) is 12.6. The number of hydrogen-bond donors (Lipinski definition) is 1. The van der Waals surface area contributed by atoms with Crippen LogP contribution in [-0.4, -0.2) is 46.5 Å². The molecule has 0 unspecified atom stereocenters. The largest absolute Gasteiger partial charge is 0.497 e. The van der Waals surface area contributed by atoms with Gasteiger partial charge in [-0.2, -0.15) is 0 Å². The quantitative estimate of drug-likeness (QED) is 0.776. The Morgan fingerprint density at radius 3 is 2.55 bits per heavy atom. The number of ether oxygens (including phenoxy) is 2. The van der Waals surface area contributed by atoms with E-state index in [0.717, 1.165) is 51.3 Å². The number of anilines is 1. The number of benzene rings is 1. The summed E-state index contributed by atoms with van der Waals surface area (Å²) in [5.41, 5.74) is 1.22. The van der Waals surface area contributed by atoms with Gasteiger partial charge in [0.2, 0.25) is 0 Å². The summed E-state index contributed by atoms with van der Waals surface area (Å²) in [4.78, 5) is 2.26. The molecule has 0 bridgehead atoms. The van der Waals surface area contributed by atoms with Crippen LogP contribution in [0.15, 0.2) is 24.3 Å². The van der Waals surface area contributed by atoms with Crippen molar-refractivity contribution in [2.24, 2.45) is 0 Å². The van der Waals surface area contributed by atoms with Gasteiger partial charge in [-0.25, -0.2) is 0 Å². The van der Waals surface area contributed by atoms with Crippen LogP contribution in [0.3, 0.4) is 0 Å². The number of rotatable bonds is 7. The van der Waals surface area contributed by atoms with Crippen molar-refractivity contribution in [3.05, 3.63) is 24.3 Å². The van der Waals surface area contributed by atoms with Crippen LogP contribution < -0.4 is 15.0 Å². The highest BCUT2D eigenvalue weighted by Gasteiger charge is 2.12. The Morgan fingerprint density at radius 2 is 1.90 bits per heavy atom. The predicted molar refractivity (Wildman–Crippen MR) is 82.7 cm³/mol. The lowest BCUT2D eigenvalue weighted by Gasteiger charge is -2.24. The average molecular weight is 278 g/mol. The Morgan fingerprint density at radius 1 is 1.20 bits per heavy atom. The molecule has 1 aliphatic rings. The first-order valence-corrected chi connectivity index (χ1v) is 7.47. The molecule has 1 heterocycles. The maximum Gasteiger partial charge on any atom is 0.119 e. The van der Waals surface area contributed by atoms with E-state index >= 15 is 0 Å². The van der Waals surface area contributed by atoms with Gasteiger partial charge in [0.05, 0.1) is 13.2 Å². The normalized spacial score (nSPS) is 16.1. The summed E-state index contributed by atoms with van der Waals surface area (Å²) in [5, 5.41) is 3.36. The minimum absolute atomic E-state index is 0.461. The van der Waals surface area contributed by atoms with Crippen molar-refractivity contribution in [1.29, 1.82) is 0 Å². The van der Waals surface area contributed by atoms with E-state index in [1.54, 1.807) is 7.11 Å². The van der Waals surface area contributed by atoms with Crippen LogP contribution in [0.5, 0.6) is 5.75 Å². The van der Waals surface area contributed by atoms with Crippen molar-refractivity contribution in [1.82, 2.24) is 5.32 Å². The van der Waals surface area contributed by atoms with Gasteiger partial charge in [0, 0.05) is 25.9 Å². The van der Waals surface area contributed by atoms with Crippen LogP contribution in [0, 0.1) is 0 Å². The minimum atomic E-state index is 0.461. The Hall–Kier alpha value is -1.26. The highest BCUT2D eigenvalue weighted by atomic mass is 16.5. The zero-order valence-corrected chi connectivity index (χ0v) is 12.6.